The van der Waals surface area contributed by atoms with E-state index < -0.39 is 10.0 Å². The number of thiophene rings is 1. The Labute approximate surface area is 152 Å². The van der Waals surface area contributed by atoms with Crippen LogP contribution in [0.4, 0.5) is 0 Å². The number of hydrogen-bond acceptors (Lipinski definition) is 5. The summed E-state index contributed by atoms with van der Waals surface area (Å²) in [5.74, 6) is 0.0812. The van der Waals surface area contributed by atoms with Gasteiger partial charge >= 0.3 is 0 Å². The van der Waals surface area contributed by atoms with Crippen LogP contribution in [0.15, 0.2) is 39.9 Å². The zero-order valence-corrected chi connectivity index (χ0v) is 16.1. The number of nitrogens with zero attached hydrogens (tertiary/aromatic N) is 2. The SMILES string of the molecule is Cc1ccc(C(=O)CN2CCN(S(=O)(=O)c3cccs3)CC2)cc1C. The van der Waals surface area contributed by atoms with Crippen LogP contribution in [-0.2, 0) is 10.0 Å². The van der Waals surface area contributed by atoms with Crippen LogP contribution in [0.25, 0.3) is 0 Å². The number of carbonyl (C=O) groups is 1. The highest BCUT2D eigenvalue weighted by Gasteiger charge is 2.29. The maximum absolute atomic E-state index is 12.5. The van der Waals surface area contributed by atoms with E-state index in [-0.39, 0.29) is 5.78 Å². The van der Waals surface area contributed by atoms with Crippen molar-refractivity contribution in [3.8, 4) is 0 Å². The first-order chi connectivity index (χ1) is 11.9. The van der Waals surface area contributed by atoms with Crippen molar-refractivity contribution in [2.75, 3.05) is 32.7 Å². The van der Waals surface area contributed by atoms with E-state index in [2.05, 4.69) is 0 Å². The molecule has 0 unspecified atom stereocenters. The summed E-state index contributed by atoms with van der Waals surface area (Å²) in [6.45, 7) is 6.33. The summed E-state index contributed by atoms with van der Waals surface area (Å²) < 4.78 is 26.9. The average Bonchev–Trinajstić information content (AvgIpc) is 3.13. The first-order valence-electron chi connectivity index (χ1n) is 8.24. The van der Waals surface area contributed by atoms with Gasteiger partial charge in [-0.2, -0.15) is 4.31 Å². The van der Waals surface area contributed by atoms with E-state index in [1.54, 1.807) is 17.5 Å². The van der Waals surface area contributed by atoms with Crippen LogP contribution in [-0.4, -0.2) is 56.1 Å². The van der Waals surface area contributed by atoms with Gasteiger partial charge < -0.3 is 0 Å². The number of hydrogen-bond donors (Lipinski definition) is 0. The molecule has 0 radical (unpaired) electrons. The lowest BCUT2D eigenvalue weighted by Gasteiger charge is -2.33. The predicted molar refractivity (Wildman–Crippen MR) is 99.8 cm³/mol. The van der Waals surface area contributed by atoms with Gasteiger partial charge in [0.2, 0.25) is 0 Å². The number of piperazine rings is 1. The number of benzene rings is 1. The van der Waals surface area contributed by atoms with Gasteiger partial charge in [-0.05, 0) is 42.5 Å². The molecule has 1 aliphatic heterocycles. The van der Waals surface area contributed by atoms with Gasteiger partial charge in [-0.15, -0.1) is 11.3 Å². The van der Waals surface area contributed by atoms with Crippen molar-refractivity contribution < 1.29 is 13.2 Å². The number of ketones is 1. The van der Waals surface area contributed by atoms with Crippen LogP contribution in [0.2, 0.25) is 0 Å². The number of rotatable bonds is 5. The van der Waals surface area contributed by atoms with Crippen molar-refractivity contribution in [3.05, 3.63) is 52.4 Å². The molecule has 0 saturated carbocycles. The molecule has 2 heterocycles. The van der Waals surface area contributed by atoms with Gasteiger partial charge in [0.25, 0.3) is 10.0 Å². The van der Waals surface area contributed by atoms with Gasteiger partial charge in [0.15, 0.2) is 5.78 Å². The molecule has 2 aromatic rings. The third-order valence-corrected chi connectivity index (χ3v) is 7.89. The fourth-order valence-electron chi connectivity index (χ4n) is 2.87. The molecule has 0 aliphatic carbocycles. The van der Waals surface area contributed by atoms with Crippen molar-refractivity contribution in [3.63, 3.8) is 0 Å². The topological polar surface area (TPSA) is 57.7 Å². The molecule has 0 atom stereocenters. The van der Waals surface area contributed by atoms with E-state index in [4.69, 9.17) is 0 Å². The van der Waals surface area contributed by atoms with Crippen LogP contribution in [0.3, 0.4) is 0 Å². The molecule has 0 amide bonds. The number of sulfonamides is 1. The lowest BCUT2D eigenvalue weighted by Crippen LogP contribution is -2.49. The lowest BCUT2D eigenvalue weighted by molar-refractivity contribution is 0.0901. The Morgan fingerprint density at radius 3 is 2.40 bits per heavy atom. The summed E-state index contributed by atoms with van der Waals surface area (Å²) >= 11 is 1.24. The minimum atomic E-state index is -3.39. The van der Waals surface area contributed by atoms with Crippen LogP contribution < -0.4 is 0 Å². The van der Waals surface area contributed by atoms with E-state index in [0.29, 0.717) is 36.9 Å². The summed E-state index contributed by atoms with van der Waals surface area (Å²) in [7, 11) is -3.39. The van der Waals surface area contributed by atoms with Crippen molar-refractivity contribution in [1.29, 1.82) is 0 Å². The van der Waals surface area contributed by atoms with Gasteiger partial charge in [0.1, 0.15) is 4.21 Å². The second kappa shape index (κ2) is 7.37. The molecule has 5 nitrogen and oxygen atoms in total. The summed E-state index contributed by atoms with van der Waals surface area (Å²) in [6, 6.07) is 9.14. The number of Topliss-reactive ketones (excluding diaryl/α,β-unsaturated/α-hetero) is 1. The van der Waals surface area contributed by atoms with E-state index in [1.807, 2.05) is 36.9 Å². The second-order valence-electron chi connectivity index (χ2n) is 6.33. The van der Waals surface area contributed by atoms with E-state index >= 15 is 0 Å². The van der Waals surface area contributed by atoms with E-state index in [0.717, 1.165) is 11.1 Å². The Hall–Kier alpha value is -1.54. The summed E-state index contributed by atoms with van der Waals surface area (Å²) in [4.78, 5) is 14.5. The minimum Gasteiger partial charge on any atom is -0.293 e. The molecule has 1 aromatic carbocycles. The highest BCUT2D eigenvalue weighted by molar-refractivity contribution is 7.91. The molecule has 0 N–H and O–H groups in total. The maximum Gasteiger partial charge on any atom is 0.252 e. The van der Waals surface area contributed by atoms with Crippen molar-refractivity contribution in [2.24, 2.45) is 0 Å². The number of carbonyl (C=O) groups excluding carboxylic acids is 1. The first-order valence-corrected chi connectivity index (χ1v) is 10.6. The smallest absolute Gasteiger partial charge is 0.252 e. The molecule has 7 heteroatoms. The molecule has 0 spiro atoms. The molecule has 134 valence electrons. The van der Waals surface area contributed by atoms with Crippen LogP contribution in [0.5, 0.6) is 0 Å². The van der Waals surface area contributed by atoms with Crippen LogP contribution in [0.1, 0.15) is 21.5 Å². The summed E-state index contributed by atoms with van der Waals surface area (Å²) in [6.07, 6.45) is 0. The van der Waals surface area contributed by atoms with Crippen molar-refractivity contribution in [1.82, 2.24) is 9.21 Å². The first kappa shape index (κ1) is 18.3. The van der Waals surface area contributed by atoms with Crippen molar-refractivity contribution >= 4 is 27.1 Å². The molecule has 0 bridgehead atoms. The molecular weight excluding hydrogens is 356 g/mol. The summed E-state index contributed by atoms with van der Waals surface area (Å²) in [5, 5.41) is 1.77. The monoisotopic (exact) mass is 378 g/mol. The van der Waals surface area contributed by atoms with Crippen molar-refractivity contribution in [2.45, 2.75) is 18.1 Å². The Bertz CT molecular complexity index is 852. The predicted octanol–water partition coefficient (Wildman–Crippen LogP) is 2.55. The van der Waals surface area contributed by atoms with Gasteiger partial charge in [-0.1, -0.05) is 18.2 Å². The average molecular weight is 379 g/mol. The van der Waals surface area contributed by atoms with Crippen LogP contribution in [0, 0.1) is 13.8 Å². The van der Waals surface area contributed by atoms with Gasteiger partial charge in [-0.25, -0.2) is 8.42 Å². The normalized spacial score (nSPS) is 16.9. The van der Waals surface area contributed by atoms with Gasteiger partial charge in [0.05, 0.1) is 6.54 Å². The van der Waals surface area contributed by atoms with Gasteiger partial charge in [0, 0.05) is 31.7 Å². The Morgan fingerprint density at radius 2 is 1.80 bits per heavy atom. The van der Waals surface area contributed by atoms with Crippen LogP contribution >= 0.6 is 11.3 Å². The maximum atomic E-state index is 12.5. The third kappa shape index (κ3) is 4.00. The molecular formula is C18H22N2O3S2. The molecule has 1 saturated heterocycles. The zero-order chi connectivity index (χ0) is 18.0. The largest absolute Gasteiger partial charge is 0.293 e. The summed E-state index contributed by atoms with van der Waals surface area (Å²) in [5.41, 5.74) is 3.00. The molecule has 1 aliphatic rings. The van der Waals surface area contributed by atoms with E-state index in [9.17, 15) is 13.2 Å². The van der Waals surface area contributed by atoms with E-state index in [1.165, 1.54) is 21.2 Å². The fraction of sp³-hybridized carbons (Fsp3) is 0.389. The molecule has 3 rings (SSSR count). The highest BCUT2D eigenvalue weighted by atomic mass is 32.2. The standard InChI is InChI=1S/C18H22N2O3S2/c1-14-5-6-16(12-15(14)2)17(21)13-19-7-9-20(10-8-19)25(22,23)18-4-3-11-24-18/h3-6,11-12H,7-10,13H2,1-2H3. The quantitative estimate of drug-likeness (QED) is 0.751. The molecule has 1 aromatic heterocycles. The highest BCUT2D eigenvalue weighted by Crippen LogP contribution is 2.22. The Morgan fingerprint density at radius 1 is 1.08 bits per heavy atom. The molecule has 25 heavy (non-hydrogen) atoms. The zero-order valence-electron chi connectivity index (χ0n) is 14.4. The Kier molecular flexibility index (Phi) is 5.38. The van der Waals surface area contributed by atoms with Gasteiger partial charge in [-0.3, -0.25) is 9.69 Å². The minimum absolute atomic E-state index is 0.0812. The fourth-order valence-corrected chi connectivity index (χ4v) is 5.44. The Balaban J connectivity index is 1.59. The lowest BCUT2D eigenvalue weighted by atomic mass is 10.0. The third-order valence-electron chi connectivity index (χ3n) is 4.62. The molecule has 1 fully saturated rings. The number of aryl methyl sites for hydroxylation is 2. The second-order valence-corrected chi connectivity index (χ2v) is 9.45.